The zero-order valence-corrected chi connectivity index (χ0v) is 8.46. The minimum absolute atomic E-state index is 0.813. The fourth-order valence-corrected chi connectivity index (χ4v) is 0.376. The third-order valence-electron chi connectivity index (χ3n) is 0.765. The second kappa shape index (κ2) is 8.54. The van der Waals surface area contributed by atoms with E-state index in [4.69, 9.17) is 10.4 Å². The van der Waals surface area contributed by atoms with Gasteiger partial charge in [-0.25, -0.2) is 4.79 Å². The highest BCUT2D eigenvalue weighted by Crippen LogP contribution is 1.85. The molecule has 0 heterocycles. The minimum atomic E-state index is -0.875. The first-order valence-electron chi connectivity index (χ1n) is 3.81. The van der Waals surface area contributed by atoms with Crippen molar-refractivity contribution in [3.8, 4) is 6.07 Å². The summed E-state index contributed by atoms with van der Waals surface area (Å²) in [6.07, 6.45) is 2.68. The van der Waals surface area contributed by atoms with Gasteiger partial charge in [0.05, 0.1) is 6.07 Å². The summed E-state index contributed by atoms with van der Waals surface area (Å²) in [6, 6.07) is 1.91. The second-order valence-corrected chi connectivity index (χ2v) is 2.91. The van der Waals surface area contributed by atoms with E-state index in [-0.39, 0.29) is 0 Å². The van der Waals surface area contributed by atoms with Gasteiger partial charge in [0.15, 0.2) is 0 Å². The molecule has 3 heteroatoms. The van der Waals surface area contributed by atoms with Crippen LogP contribution >= 0.6 is 0 Å². The average Bonchev–Trinajstić information content (AvgIpc) is 1.83. The smallest absolute Gasteiger partial charge is 0.328 e. The molecule has 0 aromatic carbocycles. The van der Waals surface area contributed by atoms with Gasteiger partial charge in [-0.3, -0.25) is 0 Å². The second-order valence-electron chi connectivity index (χ2n) is 2.91. The maximum absolute atomic E-state index is 9.73. The highest BCUT2D eigenvalue weighted by Gasteiger charge is 1.83. The summed E-state index contributed by atoms with van der Waals surface area (Å²) in [4.78, 5) is 9.73. The summed E-state index contributed by atoms with van der Waals surface area (Å²) in [5, 5.41) is 15.9. The first kappa shape index (κ1) is 14.0. The largest absolute Gasteiger partial charge is 0.478 e. The fraction of sp³-hybridized carbons (Fsp3) is 0.400. The van der Waals surface area contributed by atoms with E-state index in [0.29, 0.717) is 0 Å². The zero-order chi connectivity index (χ0) is 10.9. The number of nitriles is 1. The Balaban J connectivity index is 0. The molecule has 0 atom stereocenters. The molecule has 0 aliphatic carbocycles. The van der Waals surface area contributed by atoms with Crippen LogP contribution in [0.2, 0.25) is 0 Å². The number of carboxylic acids is 1. The summed E-state index contributed by atoms with van der Waals surface area (Å²) in [7, 11) is 0. The summed E-state index contributed by atoms with van der Waals surface area (Å²) in [6.45, 7) is 7.27. The number of carboxylic acid groups (broad SMARTS) is 1. The van der Waals surface area contributed by atoms with E-state index in [1.54, 1.807) is 13.8 Å². The van der Waals surface area contributed by atoms with Gasteiger partial charge in [-0.2, -0.15) is 5.26 Å². The van der Waals surface area contributed by atoms with Crippen molar-refractivity contribution in [2.24, 2.45) is 0 Å². The molecular formula is C10H15NO2. The number of rotatable bonds is 1. The summed E-state index contributed by atoms with van der Waals surface area (Å²) < 4.78 is 0. The van der Waals surface area contributed by atoms with Crippen molar-refractivity contribution in [2.75, 3.05) is 0 Å². The van der Waals surface area contributed by atoms with Crippen LogP contribution in [0.4, 0.5) is 0 Å². The molecule has 3 nitrogen and oxygen atoms in total. The van der Waals surface area contributed by atoms with Crippen molar-refractivity contribution < 1.29 is 9.90 Å². The van der Waals surface area contributed by atoms with Crippen molar-refractivity contribution >= 4 is 5.97 Å². The Morgan fingerprint density at radius 1 is 1.23 bits per heavy atom. The normalized spacial score (nSPS) is 7.00. The van der Waals surface area contributed by atoms with Gasteiger partial charge in [-0.1, -0.05) is 11.1 Å². The lowest BCUT2D eigenvalue weighted by Crippen LogP contribution is -1.86. The van der Waals surface area contributed by atoms with Gasteiger partial charge in [-0.15, -0.1) is 0 Å². The van der Waals surface area contributed by atoms with Crippen molar-refractivity contribution in [1.82, 2.24) is 0 Å². The number of aliphatic carboxylic acids is 1. The standard InChI is InChI=1S/C5H7N.C5H8O2/c1-5(2)3-4-6;1-4(2)3-5(6)7/h3H,1-2H3;3H,1-2H3,(H,6,7). The lowest BCUT2D eigenvalue weighted by atomic mass is 10.3. The third kappa shape index (κ3) is 25.1. The van der Waals surface area contributed by atoms with Crippen LogP contribution in [0.3, 0.4) is 0 Å². The lowest BCUT2D eigenvalue weighted by molar-refractivity contribution is -0.131. The SMILES string of the molecule is CC(C)=CC#N.CC(C)=CC(=O)O. The number of hydrogen-bond donors (Lipinski definition) is 1. The Morgan fingerprint density at radius 3 is 1.69 bits per heavy atom. The predicted molar refractivity (Wildman–Crippen MR) is 52.1 cm³/mol. The van der Waals surface area contributed by atoms with Gasteiger partial charge in [0.2, 0.25) is 0 Å². The van der Waals surface area contributed by atoms with Crippen LogP contribution in [0.5, 0.6) is 0 Å². The van der Waals surface area contributed by atoms with E-state index in [2.05, 4.69) is 0 Å². The van der Waals surface area contributed by atoms with Gasteiger partial charge >= 0.3 is 5.97 Å². The minimum Gasteiger partial charge on any atom is -0.478 e. The lowest BCUT2D eigenvalue weighted by Gasteiger charge is -1.79. The van der Waals surface area contributed by atoms with Gasteiger partial charge in [0.1, 0.15) is 0 Å². The number of nitrogens with zero attached hydrogens (tertiary/aromatic N) is 1. The maximum atomic E-state index is 9.73. The van der Waals surface area contributed by atoms with E-state index in [1.807, 2.05) is 19.9 Å². The zero-order valence-electron chi connectivity index (χ0n) is 8.46. The highest BCUT2D eigenvalue weighted by atomic mass is 16.4. The molecule has 72 valence electrons. The molecule has 0 rings (SSSR count). The molecule has 0 aliphatic heterocycles. The van der Waals surface area contributed by atoms with Crippen molar-refractivity contribution in [3.05, 3.63) is 23.3 Å². The molecule has 13 heavy (non-hydrogen) atoms. The number of allylic oxidation sites excluding steroid dienone is 3. The first-order chi connectivity index (χ1) is 5.90. The van der Waals surface area contributed by atoms with Crippen LogP contribution in [0, 0.1) is 11.3 Å². The van der Waals surface area contributed by atoms with E-state index >= 15 is 0 Å². The Kier molecular flexibility index (Phi) is 9.19. The predicted octanol–water partition coefficient (Wildman–Crippen LogP) is 2.51. The van der Waals surface area contributed by atoms with Crippen molar-refractivity contribution in [2.45, 2.75) is 27.7 Å². The quantitative estimate of drug-likeness (QED) is 0.499. The van der Waals surface area contributed by atoms with E-state index in [1.165, 1.54) is 12.2 Å². The molecule has 0 aliphatic rings. The Bertz CT molecular complexity index is 249. The molecule has 0 saturated carbocycles. The van der Waals surface area contributed by atoms with Crippen LogP contribution < -0.4 is 0 Å². The molecule has 0 unspecified atom stereocenters. The summed E-state index contributed by atoms with van der Waals surface area (Å²) in [5.74, 6) is -0.875. The van der Waals surface area contributed by atoms with Gasteiger partial charge in [0, 0.05) is 12.2 Å². The molecule has 0 radical (unpaired) electrons. The van der Waals surface area contributed by atoms with E-state index in [0.717, 1.165) is 11.1 Å². The summed E-state index contributed by atoms with van der Waals surface area (Å²) in [5.41, 5.74) is 1.87. The van der Waals surface area contributed by atoms with Gasteiger partial charge < -0.3 is 5.11 Å². The molecule has 0 bridgehead atoms. The molecule has 0 spiro atoms. The maximum Gasteiger partial charge on any atom is 0.328 e. The van der Waals surface area contributed by atoms with E-state index < -0.39 is 5.97 Å². The van der Waals surface area contributed by atoms with Gasteiger partial charge in [0.25, 0.3) is 0 Å². The van der Waals surface area contributed by atoms with Crippen LogP contribution in [-0.4, -0.2) is 11.1 Å². The first-order valence-corrected chi connectivity index (χ1v) is 3.81. The van der Waals surface area contributed by atoms with Crippen molar-refractivity contribution in [1.29, 1.82) is 5.26 Å². The summed E-state index contributed by atoms with van der Waals surface area (Å²) >= 11 is 0. The Labute approximate surface area is 79.0 Å². The Morgan fingerprint density at radius 2 is 1.69 bits per heavy atom. The third-order valence-corrected chi connectivity index (χ3v) is 0.765. The number of hydrogen-bond acceptors (Lipinski definition) is 2. The Hall–Kier alpha value is -1.56. The molecule has 0 amide bonds. The van der Waals surface area contributed by atoms with Crippen LogP contribution in [-0.2, 0) is 4.79 Å². The van der Waals surface area contributed by atoms with Crippen LogP contribution in [0.25, 0.3) is 0 Å². The molecular weight excluding hydrogens is 166 g/mol. The number of carbonyl (C=O) groups is 1. The van der Waals surface area contributed by atoms with Crippen LogP contribution in [0.15, 0.2) is 23.3 Å². The molecule has 0 aromatic rings. The van der Waals surface area contributed by atoms with Gasteiger partial charge in [-0.05, 0) is 27.7 Å². The molecule has 0 aromatic heterocycles. The molecule has 1 N–H and O–H groups in total. The van der Waals surface area contributed by atoms with E-state index in [9.17, 15) is 4.79 Å². The van der Waals surface area contributed by atoms with Crippen molar-refractivity contribution in [3.63, 3.8) is 0 Å². The molecule has 0 saturated heterocycles. The average molecular weight is 181 g/mol. The monoisotopic (exact) mass is 181 g/mol. The fourth-order valence-electron chi connectivity index (χ4n) is 0.376. The van der Waals surface area contributed by atoms with Crippen LogP contribution in [0.1, 0.15) is 27.7 Å². The topological polar surface area (TPSA) is 61.1 Å². The molecule has 0 fully saturated rings. The highest BCUT2D eigenvalue weighted by molar-refractivity contribution is 5.80.